The molecule has 0 aliphatic carbocycles. The third kappa shape index (κ3) is 4.66. The molecule has 0 bridgehead atoms. The molecular weight excluding hydrogens is 211 g/mol. The quantitative estimate of drug-likeness (QED) is 0.728. The van der Waals surface area contributed by atoms with Crippen LogP contribution < -0.4 is 5.73 Å². The molecule has 0 aliphatic rings. The van der Waals surface area contributed by atoms with Crippen LogP contribution in [-0.2, 0) is 9.47 Å². The van der Waals surface area contributed by atoms with Gasteiger partial charge in [-0.15, -0.1) is 12.4 Å². The predicted octanol–water partition coefficient (Wildman–Crippen LogP) is 1.16. The lowest BCUT2D eigenvalue weighted by molar-refractivity contribution is -0.249. The van der Waals surface area contributed by atoms with Crippen LogP contribution in [0.25, 0.3) is 0 Å². The molecule has 82 valence electrons. The van der Waals surface area contributed by atoms with Gasteiger partial charge in [-0.05, 0) is 0 Å². The smallest absolute Gasteiger partial charge is 0.355 e. The molecule has 1 atom stereocenters. The number of rotatable bonds is 4. The summed E-state index contributed by atoms with van der Waals surface area (Å²) in [5.74, 6) is -1.77. The molecule has 7 heteroatoms. The minimum atomic E-state index is -4.38. The van der Waals surface area contributed by atoms with Gasteiger partial charge in [0, 0.05) is 20.8 Å². The lowest BCUT2D eigenvalue weighted by atomic mass is 10.1. The van der Waals surface area contributed by atoms with Crippen LogP contribution in [0.15, 0.2) is 0 Å². The Morgan fingerprint density at radius 2 is 1.62 bits per heavy atom. The summed E-state index contributed by atoms with van der Waals surface area (Å²) in [7, 11) is 2.28. The fourth-order valence-electron chi connectivity index (χ4n) is 0.824. The first-order valence-electron chi connectivity index (χ1n) is 3.29. The van der Waals surface area contributed by atoms with Gasteiger partial charge in [0.15, 0.2) is 6.29 Å². The van der Waals surface area contributed by atoms with Gasteiger partial charge in [-0.2, -0.15) is 13.2 Å². The van der Waals surface area contributed by atoms with Crippen LogP contribution in [0.3, 0.4) is 0 Å². The second-order valence-electron chi connectivity index (χ2n) is 2.22. The molecule has 0 saturated heterocycles. The summed E-state index contributed by atoms with van der Waals surface area (Å²) in [6, 6.07) is 0. The molecule has 0 heterocycles. The monoisotopic (exact) mass is 223 g/mol. The topological polar surface area (TPSA) is 44.5 Å². The van der Waals surface area contributed by atoms with Crippen LogP contribution in [0.4, 0.5) is 13.2 Å². The number of methoxy groups -OCH3 is 2. The molecule has 0 aromatic rings. The normalized spacial score (nSPS) is 14.1. The van der Waals surface area contributed by atoms with Gasteiger partial charge >= 0.3 is 6.18 Å². The van der Waals surface area contributed by atoms with Gasteiger partial charge in [-0.25, -0.2) is 0 Å². The van der Waals surface area contributed by atoms with Crippen molar-refractivity contribution in [1.29, 1.82) is 0 Å². The van der Waals surface area contributed by atoms with E-state index in [-0.39, 0.29) is 12.4 Å². The first kappa shape index (κ1) is 15.4. The van der Waals surface area contributed by atoms with Crippen LogP contribution in [0.1, 0.15) is 0 Å². The Kier molecular flexibility index (Phi) is 7.62. The van der Waals surface area contributed by atoms with E-state index in [0.717, 1.165) is 14.2 Å². The van der Waals surface area contributed by atoms with Gasteiger partial charge in [0.1, 0.15) is 5.92 Å². The van der Waals surface area contributed by atoms with Crippen LogP contribution >= 0.6 is 12.4 Å². The Labute approximate surface area is 80.8 Å². The second kappa shape index (κ2) is 6.42. The van der Waals surface area contributed by atoms with E-state index >= 15 is 0 Å². The minimum Gasteiger partial charge on any atom is -0.355 e. The number of nitrogens with two attached hydrogens (primary N) is 1. The molecule has 3 nitrogen and oxygen atoms in total. The summed E-state index contributed by atoms with van der Waals surface area (Å²) in [5.41, 5.74) is 4.93. The highest BCUT2D eigenvalue weighted by Crippen LogP contribution is 2.29. The maximum absolute atomic E-state index is 12.1. The van der Waals surface area contributed by atoms with E-state index in [0.29, 0.717) is 0 Å². The molecule has 2 N–H and O–H groups in total. The largest absolute Gasteiger partial charge is 0.397 e. The van der Waals surface area contributed by atoms with E-state index in [1.165, 1.54) is 0 Å². The summed E-state index contributed by atoms with van der Waals surface area (Å²) < 4.78 is 45.2. The highest BCUT2D eigenvalue weighted by atomic mass is 35.5. The molecule has 0 fully saturated rings. The standard InChI is InChI=1S/C6H12F3NO2.ClH/c1-11-5(12-2)4(3-10)6(7,8)9;/h4-5H,3,10H2,1-2H3;1H/t4-;/m0./s1. The number of hydrogen-bond donors (Lipinski definition) is 1. The fraction of sp³-hybridized carbons (Fsp3) is 1.00. The van der Waals surface area contributed by atoms with E-state index in [1.807, 2.05) is 0 Å². The van der Waals surface area contributed by atoms with Crippen molar-refractivity contribution >= 4 is 12.4 Å². The molecule has 0 aromatic heterocycles. The number of ether oxygens (including phenoxy) is 2. The van der Waals surface area contributed by atoms with E-state index in [4.69, 9.17) is 5.73 Å². The Hall–Kier alpha value is -0.0400. The van der Waals surface area contributed by atoms with Crippen molar-refractivity contribution in [3.05, 3.63) is 0 Å². The molecule has 0 spiro atoms. The maximum atomic E-state index is 12.1. The van der Waals surface area contributed by atoms with E-state index in [2.05, 4.69) is 9.47 Å². The Morgan fingerprint density at radius 1 is 1.23 bits per heavy atom. The van der Waals surface area contributed by atoms with E-state index in [9.17, 15) is 13.2 Å². The molecule has 0 amide bonds. The summed E-state index contributed by atoms with van der Waals surface area (Å²) in [6.45, 7) is -0.546. The average molecular weight is 224 g/mol. The second-order valence-corrected chi connectivity index (χ2v) is 2.22. The first-order valence-corrected chi connectivity index (χ1v) is 3.29. The molecule has 0 aliphatic heterocycles. The molecule has 0 unspecified atom stereocenters. The van der Waals surface area contributed by atoms with Crippen LogP contribution in [0.5, 0.6) is 0 Å². The summed E-state index contributed by atoms with van der Waals surface area (Å²) in [4.78, 5) is 0. The van der Waals surface area contributed by atoms with Gasteiger partial charge < -0.3 is 15.2 Å². The zero-order chi connectivity index (χ0) is 9.78. The van der Waals surface area contributed by atoms with Crippen LogP contribution in [0, 0.1) is 5.92 Å². The van der Waals surface area contributed by atoms with Crippen LogP contribution in [-0.4, -0.2) is 33.2 Å². The highest BCUT2D eigenvalue weighted by molar-refractivity contribution is 5.85. The van der Waals surface area contributed by atoms with Crippen LogP contribution in [0.2, 0.25) is 0 Å². The molecule has 0 saturated carbocycles. The van der Waals surface area contributed by atoms with Gasteiger partial charge in [0.2, 0.25) is 0 Å². The molecule has 0 aromatic carbocycles. The lowest BCUT2D eigenvalue weighted by Gasteiger charge is -2.25. The summed E-state index contributed by atoms with van der Waals surface area (Å²) in [6.07, 6.45) is -5.71. The van der Waals surface area contributed by atoms with Crippen molar-refractivity contribution in [2.75, 3.05) is 20.8 Å². The van der Waals surface area contributed by atoms with E-state index < -0.39 is 24.9 Å². The summed E-state index contributed by atoms with van der Waals surface area (Å²) >= 11 is 0. The highest BCUT2D eigenvalue weighted by Gasteiger charge is 2.44. The first-order chi connectivity index (χ1) is 5.47. The van der Waals surface area contributed by atoms with E-state index in [1.54, 1.807) is 0 Å². The lowest BCUT2D eigenvalue weighted by Crippen LogP contribution is -2.41. The predicted molar refractivity (Wildman–Crippen MR) is 43.7 cm³/mol. The Morgan fingerprint density at radius 3 is 1.69 bits per heavy atom. The van der Waals surface area contributed by atoms with Crippen molar-refractivity contribution in [3.8, 4) is 0 Å². The maximum Gasteiger partial charge on any atom is 0.397 e. The summed E-state index contributed by atoms with van der Waals surface area (Å²) in [5, 5.41) is 0. The van der Waals surface area contributed by atoms with Gasteiger partial charge in [-0.1, -0.05) is 0 Å². The SMILES string of the molecule is COC(OC)[C@H](CN)C(F)(F)F.Cl. The minimum absolute atomic E-state index is 0. The number of halogens is 4. The number of alkyl halides is 3. The molecule has 0 radical (unpaired) electrons. The fourth-order valence-corrected chi connectivity index (χ4v) is 0.824. The van der Waals surface area contributed by atoms with Crippen molar-refractivity contribution in [2.45, 2.75) is 12.5 Å². The van der Waals surface area contributed by atoms with Gasteiger partial charge in [0.25, 0.3) is 0 Å². The van der Waals surface area contributed by atoms with Crippen molar-refractivity contribution < 1.29 is 22.6 Å². The third-order valence-corrected chi connectivity index (χ3v) is 1.47. The molecular formula is C6H13ClF3NO2. The Bertz CT molecular complexity index is 130. The van der Waals surface area contributed by atoms with Gasteiger partial charge in [0.05, 0.1) is 0 Å². The average Bonchev–Trinajstić information content (AvgIpc) is 1.97. The van der Waals surface area contributed by atoms with Crippen molar-refractivity contribution in [1.82, 2.24) is 0 Å². The molecule has 13 heavy (non-hydrogen) atoms. The third-order valence-electron chi connectivity index (χ3n) is 1.47. The number of hydrogen-bond acceptors (Lipinski definition) is 3. The molecule has 0 rings (SSSR count). The van der Waals surface area contributed by atoms with Crippen molar-refractivity contribution in [2.24, 2.45) is 11.7 Å². The van der Waals surface area contributed by atoms with Gasteiger partial charge in [-0.3, -0.25) is 0 Å². The zero-order valence-electron chi connectivity index (χ0n) is 7.30. The van der Waals surface area contributed by atoms with Crippen molar-refractivity contribution in [3.63, 3.8) is 0 Å². The Balaban J connectivity index is 0. The zero-order valence-corrected chi connectivity index (χ0v) is 8.11.